The molecule has 0 fully saturated rings. The number of nitrogens with one attached hydrogen (secondary N) is 1. The molecule has 0 atom stereocenters. The SMILES string of the molecule is O=C1CN2C=C(Cl)C=C(Cl)C2=NN1. The summed E-state index contributed by atoms with van der Waals surface area (Å²) >= 11 is 11.6. The Bertz CT molecular complexity index is 359. The first-order chi connectivity index (χ1) is 6.16. The number of fused-ring (bicyclic) bond motifs is 1. The minimum atomic E-state index is -0.184. The Hall–Kier alpha value is -1.00. The van der Waals surface area contributed by atoms with Gasteiger partial charge in [-0.15, -0.1) is 0 Å². The summed E-state index contributed by atoms with van der Waals surface area (Å²) in [4.78, 5) is 12.5. The highest BCUT2D eigenvalue weighted by atomic mass is 35.5. The summed E-state index contributed by atoms with van der Waals surface area (Å²) in [7, 11) is 0. The zero-order valence-corrected chi connectivity index (χ0v) is 7.93. The van der Waals surface area contributed by atoms with E-state index in [1.807, 2.05) is 0 Å². The van der Waals surface area contributed by atoms with Crippen molar-refractivity contribution in [2.24, 2.45) is 5.10 Å². The predicted molar refractivity (Wildman–Crippen MR) is 50.2 cm³/mol. The maximum Gasteiger partial charge on any atom is 0.260 e. The largest absolute Gasteiger partial charge is 0.319 e. The van der Waals surface area contributed by atoms with Gasteiger partial charge in [-0.25, -0.2) is 5.43 Å². The number of nitrogens with zero attached hydrogens (tertiary/aromatic N) is 2. The number of hydrazone groups is 1. The summed E-state index contributed by atoms with van der Waals surface area (Å²) in [6, 6.07) is 0. The molecule has 0 saturated carbocycles. The van der Waals surface area contributed by atoms with Gasteiger partial charge in [0.1, 0.15) is 6.54 Å². The van der Waals surface area contributed by atoms with Crippen LogP contribution in [-0.4, -0.2) is 23.2 Å². The smallest absolute Gasteiger partial charge is 0.260 e. The van der Waals surface area contributed by atoms with Gasteiger partial charge in [-0.2, -0.15) is 5.10 Å². The highest BCUT2D eigenvalue weighted by Gasteiger charge is 2.24. The lowest BCUT2D eigenvalue weighted by atomic mass is 10.3. The molecule has 2 aliphatic heterocycles. The van der Waals surface area contributed by atoms with Gasteiger partial charge in [0.05, 0.1) is 10.1 Å². The molecule has 0 radical (unpaired) electrons. The molecule has 68 valence electrons. The zero-order chi connectivity index (χ0) is 9.42. The minimum absolute atomic E-state index is 0.184. The summed E-state index contributed by atoms with van der Waals surface area (Å²) in [5.74, 6) is 0.335. The summed E-state index contributed by atoms with van der Waals surface area (Å²) in [6.45, 7) is 0.194. The van der Waals surface area contributed by atoms with Crippen LogP contribution >= 0.6 is 23.2 Å². The van der Waals surface area contributed by atoms with Crippen LogP contribution in [0.2, 0.25) is 0 Å². The van der Waals surface area contributed by atoms with Gasteiger partial charge < -0.3 is 4.90 Å². The topological polar surface area (TPSA) is 44.7 Å². The van der Waals surface area contributed by atoms with Gasteiger partial charge in [0.15, 0.2) is 5.84 Å². The molecule has 0 aromatic rings. The first kappa shape index (κ1) is 8.59. The molecule has 13 heavy (non-hydrogen) atoms. The van der Waals surface area contributed by atoms with E-state index in [-0.39, 0.29) is 12.5 Å². The van der Waals surface area contributed by atoms with Crippen LogP contribution in [0.1, 0.15) is 0 Å². The van der Waals surface area contributed by atoms with Gasteiger partial charge in [0.2, 0.25) is 0 Å². The van der Waals surface area contributed by atoms with E-state index in [0.717, 1.165) is 0 Å². The molecule has 1 N–H and O–H groups in total. The molecule has 0 bridgehead atoms. The quantitative estimate of drug-likeness (QED) is 0.657. The van der Waals surface area contributed by atoms with E-state index < -0.39 is 0 Å². The molecular formula is C7H5Cl2N3O. The van der Waals surface area contributed by atoms with Crippen LogP contribution in [0.5, 0.6) is 0 Å². The van der Waals surface area contributed by atoms with E-state index in [2.05, 4.69) is 10.5 Å². The Balaban J connectivity index is 2.39. The Kier molecular flexibility index (Phi) is 2.01. The van der Waals surface area contributed by atoms with Crippen LogP contribution in [0.3, 0.4) is 0 Å². The van der Waals surface area contributed by atoms with Crippen molar-refractivity contribution in [3.63, 3.8) is 0 Å². The van der Waals surface area contributed by atoms with Crippen molar-refractivity contribution < 1.29 is 4.79 Å². The molecule has 1 amide bonds. The lowest BCUT2D eigenvalue weighted by Gasteiger charge is -2.27. The van der Waals surface area contributed by atoms with Gasteiger partial charge >= 0.3 is 0 Å². The molecule has 0 spiro atoms. The van der Waals surface area contributed by atoms with Gasteiger partial charge in [-0.1, -0.05) is 23.2 Å². The van der Waals surface area contributed by atoms with Gasteiger partial charge in [-0.05, 0) is 6.08 Å². The highest BCUT2D eigenvalue weighted by molar-refractivity contribution is 6.45. The second-order valence-corrected chi connectivity index (χ2v) is 3.45. The first-order valence-corrected chi connectivity index (χ1v) is 4.30. The summed E-state index contributed by atoms with van der Waals surface area (Å²) < 4.78 is 0. The third kappa shape index (κ3) is 1.55. The number of carbonyl (C=O) groups excluding carboxylic acids is 1. The van der Waals surface area contributed by atoms with Crippen molar-refractivity contribution in [3.8, 4) is 0 Å². The summed E-state index contributed by atoms with van der Waals surface area (Å²) in [5.41, 5.74) is 2.34. The van der Waals surface area contributed by atoms with E-state index in [1.54, 1.807) is 17.2 Å². The van der Waals surface area contributed by atoms with Crippen molar-refractivity contribution in [3.05, 3.63) is 22.3 Å². The molecular weight excluding hydrogens is 213 g/mol. The molecule has 0 saturated heterocycles. The van der Waals surface area contributed by atoms with Crippen LogP contribution in [0, 0.1) is 0 Å². The lowest BCUT2D eigenvalue weighted by molar-refractivity contribution is -0.121. The van der Waals surface area contributed by atoms with E-state index in [0.29, 0.717) is 15.9 Å². The predicted octanol–water partition coefficient (Wildman–Crippen LogP) is 0.948. The number of rotatable bonds is 0. The number of carbonyl (C=O) groups is 1. The summed E-state index contributed by atoms with van der Waals surface area (Å²) in [5, 5.41) is 4.70. The Morgan fingerprint density at radius 1 is 1.54 bits per heavy atom. The summed E-state index contributed by atoms with van der Waals surface area (Å²) in [6.07, 6.45) is 3.20. The third-order valence-electron chi connectivity index (χ3n) is 1.63. The number of amides is 1. The molecule has 4 nitrogen and oxygen atoms in total. The van der Waals surface area contributed by atoms with Crippen molar-refractivity contribution in [1.82, 2.24) is 10.3 Å². The van der Waals surface area contributed by atoms with E-state index in [4.69, 9.17) is 23.2 Å². The molecule has 0 aromatic carbocycles. The van der Waals surface area contributed by atoms with Crippen LogP contribution in [0.15, 0.2) is 27.4 Å². The monoisotopic (exact) mass is 217 g/mol. The molecule has 2 heterocycles. The number of amidine groups is 1. The van der Waals surface area contributed by atoms with Crippen LogP contribution in [0.4, 0.5) is 0 Å². The van der Waals surface area contributed by atoms with Crippen LogP contribution in [-0.2, 0) is 4.79 Å². The Morgan fingerprint density at radius 2 is 2.31 bits per heavy atom. The third-order valence-corrected chi connectivity index (χ3v) is 2.11. The minimum Gasteiger partial charge on any atom is -0.319 e. The maximum atomic E-state index is 10.9. The van der Waals surface area contributed by atoms with E-state index >= 15 is 0 Å². The average Bonchev–Trinajstić information content (AvgIpc) is 2.02. The van der Waals surface area contributed by atoms with Gasteiger partial charge in [0.25, 0.3) is 5.91 Å². The second kappa shape index (κ2) is 3.05. The number of hydrogen-bond acceptors (Lipinski definition) is 3. The lowest BCUT2D eigenvalue weighted by Crippen LogP contribution is -2.43. The van der Waals surface area contributed by atoms with Crippen LogP contribution in [0.25, 0.3) is 0 Å². The molecule has 2 rings (SSSR count). The molecule has 6 heteroatoms. The molecule has 2 aliphatic rings. The highest BCUT2D eigenvalue weighted by Crippen LogP contribution is 2.22. The molecule has 0 aliphatic carbocycles. The van der Waals surface area contributed by atoms with Crippen molar-refractivity contribution in [1.29, 1.82) is 0 Å². The fraction of sp³-hybridized carbons (Fsp3) is 0.143. The second-order valence-electron chi connectivity index (χ2n) is 2.60. The fourth-order valence-corrected chi connectivity index (χ4v) is 1.66. The van der Waals surface area contributed by atoms with Crippen molar-refractivity contribution >= 4 is 34.9 Å². The van der Waals surface area contributed by atoms with E-state index in [9.17, 15) is 4.79 Å². The van der Waals surface area contributed by atoms with Gasteiger partial charge in [0, 0.05) is 6.20 Å². The van der Waals surface area contributed by atoms with Crippen molar-refractivity contribution in [2.75, 3.05) is 6.54 Å². The standard InChI is InChI=1S/C7H5Cl2N3O/c8-4-1-5(9)7-11-10-6(13)3-12(7)2-4/h1-2H,3H2,(H,10,13). The van der Waals surface area contributed by atoms with Gasteiger partial charge in [-0.3, -0.25) is 4.79 Å². The maximum absolute atomic E-state index is 10.9. The number of allylic oxidation sites excluding steroid dienone is 2. The zero-order valence-electron chi connectivity index (χ0n) is 6.42. The van der Waals surface area contributed by atoms with E-state index in [1.165, 1.54) is 0 Å². The Morgan fingerprint density at radius 3 is 3.08 bits per heavy atom. The van der Waals surface area contributed by atoms with Crippen molar-refractivity contribution in [2.45, 2.75) is 0 Å². The molecule has 0 aromatic heterocycles. The fourth-order valence-electron chi connectivity index (χ4n) is 1.11. The Labute approximate surface area is 84.5 Å². The normalized spacial score (nSPS) is 21.2. The first-order valence-electron chi connectivity index (χ1n) is 3.55. The number of halogens is 2. The average molecular weight is 218 g/mol. The number of hydrogen-bond donors (Lipinski definition) is 1. The molecule has 0 unspecified atom stereocenters. The van der Waals surface area contributed by atoms with Crippen LogP contribution < -0.4 is 5.43 Å².